The molecule has 0 aliphatic rings. The number of rotatable bonds is 7. The van der Waals surface area contributed by atoms with Gasteiger partial charge in [0.1, 0.15) is 5.60 Å². The van der Waals surface area contributed by atoms with E-state index in [2.05, 4.69) is 5.32 Å². The summed E-state index contributed by atoms with van der Waals surface area (Å²) in [6, 6.07) is 8.39. The lowest BCUT2D eigenvalue weighted by Crippen LogP contribution is -2.52. The molecule has 0 fully saturated rings. The topological polar surface area (TPSA) is 90.9 Å². The minimum Gasteiger partial charge on any atom is -0.460 e. The third-order valence-electron chi connectivity index (χ3n) is 3.24. The third kappa shape index (κ3) is 9.08. The van der Waals surface area contributed by atoms with Crippen molar-refractivity contribution in [2.75, 3.05) is 0 Å². The number of alkyl carbamates (subject to hydrolysis) is 1. The normalized spacial score (nSPS) is 13.4. The second-order valence-electron chi connectivity index (χ2n) is 7.46. The molecular formula is C20H29NO6. The van der Waals surface area contributed by atoms with Gasteiger partial charge in [-0.2, -0.15) is 0 Å². The van der Waals surface area contributed by atoms with Crippen molar-refractivity contribution >= 4 is 18.0 Å². The molecule has 0 aliphatic heterocycles. The fraction of sp³-hybridized carbons (Fsp3) is 0.550. The Balaban J connectivity index is 3.10. The van der Waals surface area contributed by atoms with Crippen LogP contribution >= 0.6 is 0 Å². The van der Waals surface area contributed by atoms with Crippen LogP contribution in [-0.2, 0) is 30.2 Å². The van der Waals surface area contributed by atoms with E-state index in [1.165, 1.54) is 6.92 Å². The van der Waals surface area contributed by atoms with Crippen LogP contribution in [0.4, 0.5) is 4.79 Å². The number of benzene rings is 1. The molecule has 0 saturated heterocycles. The van der Waals surface area contributed by atoms with Crippen LogP contribution < -0.4 is 5.32 Å². The number of amides is 1. The molecule has 0 saturated carbocycles. The molecule has 0 heterocycles. The van der Waals surface area contributed by atoms with Gasteiger partial charge in [0, 0.05) is 6.92 Å². The van der Waals surface area contributed by atoms with Crippen LogP contribution in [0.2, 0.25) is 0 Å². The monoisotopic (exact) mass is 379 g/mol. The first kappa shape index (κ1) is 22.5. The number of esters is 2. The molecular weight excluding hydrogens is 350 g/mol. The van der Waals surface area contributed by atoms with Gasteiger partial charge in [0.05, 0.1) is 12.1 Å². The molecule has 0 radical (unpaired) electrons. The highest BCUT2D eigenvalue weighted by molar-refractivity contribution is 5.80. The minimum atomic E-state index is -1.29. The van der Waals surface area contributed by atoms with Gasteiger partial charge in [-0.1, -0.05) is 30.3 Å². The molecule has 1 aromatic rings. The van der Waals surface area contributed by atoms with Gasteiger partial charge in [-0.3, -0.25) is 4.79 Å². The summed E-state index contributed by atoms with van der Waals surface area (Å²) in [5.74, 6) is -1.37. The highest BCUT2D eigenvalue weighted by Crippen LogP contribution is 2.14. The van der Waals surface area contributed by atoms with Crippen molar-refractivity contribution in [3.05, 3.63) is 35.9 Å². The van der Waals surface area contributed by atoms with Crippen molar-refractivity contribution in [2.24, 2.45) is 0 Å². The van der Waals surface area contributed by atoms with Crippen molar-refractivity contribution in [3.8, 4) is 0 Å². The molecule has 1 amide bonds. The molecule has 150 valence electrons. The van der Waals surface area contributed by atoms with Crippen LogP contribution in [0.5, 0.6) is 0 Å². The Kier molecular flexibility index (Phi) is 8.28. The summed E-state index contributed by atoms with van der Waals surface area (Å²) in [6.07, 6.45) is -2.14. The Bertz CT molecular complexity index is 636. The number of carbonyl (C=O) groups excluding carboxylic acids is 3. The molecule has 1 N–H and O–H groups in total. The highest BCUT2D eigenvalue weighted by Gasteiger charge is 2.35. The summed E-state index contributed by atoms with van der Waals surface area (Å²) in [5.41, 5.74) is 0.143. The molecule has 0 bridgehead atoms. The van der Waals surface area contributed by atoms with E-state index in [-0.39, 0.29) is 6.42 Å². The van der Waals surface area contributed by atoms with Crippen molar-refractivity contribution in [1.29, 1.82) is 0 Å². The lowest BCUT2D eigenvalue weighted by Gasteiger charge is -2.28. The van der Waals surface area contributed by atoms with Gasteiger partial charge >= 0.3 is 18.0 Å². The Morgan fingerprint density at radius 3 is 2.11 bits per heavy atom. The van der Waals surface area contributed by atoms with E-state index in [1.54, 1.807) is 34.6 Å². The van der Waals surface area contributed by atoms with Gasteiger partial charge in [-0.05, 0) is 46.6 Å². The fourth-order valence-electron chi connectivity index (χ4n) is 2.33. The van der Waals surface area contributed by atoms with Crippen LogP contribution in [-0.4, -0.2) is 41.9 Å². The summed E-state index contributed by atoms with van der Waals surface area (Å²) in [6.45, 7) is 9.77. The van der Waals surface area contributed by atoms with Gasteiger partial charge in [0.25, 0.3) is 0 Å². The Morgan fingerprint density at radius 1 is 1.04 bits per heavy atom. The first-order valence-electron chi connectivity index (χ1n) is 8.89. The van der Waals surface area contributed by atoms with E-state index >= 15 is 0 Å². The van der Waals surface area contributed by atoms with E-state index in [1.807, 2.05) is 30.3 Å². The summed E-state index contributed by atoms with van der Waals surface area (Å²) in [7, 11) is 0. The molecule has 0 spiro atoms. The first-order chi connectivity index (χ1) is 12.5. The molecule has 7 heteroatoms. The van der Waals surface area contributed by atoms with E-state index in [9.17, 15) is 14.4 Å². The lowest BCUT2D eigenvalue weighted by molar-refractivity contribution is -0.171. The summed E-state index contributed by atoms with van der Waals surface area (Å²) in [4.78, 5) is 36.3. The Morgan fingerprint density at radius 2 is 1.63 bits per heavy atom. The maximum Gasteiger partial charge on any atom is 0.408 e. The van der Waals surface area contributed by atoms with E-state index in [0.29, 0.717) is 0 Å². The quantitative estimate of drug-likeness (QED) is 0.578. The second-order valence-corrected chi connectivity index (χ2v) is 7.46. The molecule has 1 aromatic carbocycles. The predicted molar refractivity (Wildman–Crippen MR) is 100 cm³/mol. The average molecular weight is 379 g/mol. The maximum absolute atomic E-state index is 12.5. The molecule has 7 nitrogen and oxygen atoms in total. The van der Waals surface area contributed by atoms with Crippen molar-refractivity contribution in [1.82, 2.24) is 5.32 Å². The van der Waals surface area contributed by atoms with E-state index in [4.69, 9.17) is 14.2 Å². The van der Waals surface area contributed by atoms with Gasteiger partial charge in [0.2, 0.25) is 6.10 Å². The van der Waals surface area contributed by atoms with Gasteiger partial charge in [-0.25, -0.2) is 9.59 Å². The zero-order chi connectivity index (χ0) is 20.6. The number of hydrogen-bond donors (Lipinski definition) is 1. The molecule has 0 aromatic heterocycles. The standard InChI is InChI=1S/C20H29NO6/c1-13(2)25-18(23)17(26-14(3)22)16(12-15-10-8-7-9-11-15)21-19(24)27-20(4,5)6/h7-11,13,16-17H,12H2,1-6H3,(H,21,24)/t16-,17+/m0/s1. The molecule has 27 heavy (non-hydrogen) atoms. The Labute approximate surface area is 160 Å². The maximum atomic E-state index is 12.5. The van der Waals surface area contributed by atoms with Crippen LogP contribution in [0.25, 0.3) is 0 Å². The van der Waals surface area contributed by atoms with Crippen molar-refractivity contribution < 1.29 is 28.6 Å². The lowest BCUT2D eigenvalue weighted by atomic mass is 10.0. The highest BCUT2D eigenvalue weighted by atomic mass is 16.6. The van der Waals surface area contributed by atoms with Crippen molar-refractivity contribution in [2.45, 2.75) is 71.8 Å². The van der Waals surface area contributed by atoms with Gasteiger partial charge in [-0.15, -0.1) is 0 Å². The van der Waals surface area contributed by atoms with Gasteiger partial charge < -0.3 is 19.5 Å². The molecule has 1 rings (SSSR count). The third-order valence-corrected chi connectivity index (χ3v) is 3.24. The molecule has 0 aliphatic carbocycles. The predicted octanol–water partition coefficient (Wildman–Crippen LogP) is 3.01. The van der Waals surface area contributed by atoms with Gasteiger partial charge in [0.15, 0.2) is 0 Å². The van der Waals surface area contributed by atoms with Crippen LogP contribution in [0, 0.1) is 0 Å². The number of carbonyl (C=O) groups is 3. The molecule has 2 atom stereocenters. The summed E-state index contributed by atoms with van der Waals surface area (Å²) >= 11 is 0. The zero-order valence-electron chi connectivity index (χ0n) is 16.8. The second kappa shape index (κ2) is 9.94. The largest absolute Gasteiger partial charge is 0.460 e. The number of hydrogen-bond acceptors (Lipinski definition) is 6. The minimum absolute atomic E-state index is 0.255. The summed E-state index contributed by atoms with van der Waals surface area (Å²) in [5, 5.41) is 2.64. The Hall–Kier alpha value is -2.57. The average Bonchev–Trinajstić information content (AvgIpc) is 2.50. The smallest absolute Gasteiger partial charge is 0.408 e. The van der Waals surface area contributed by atoms with Crippen LogP contribution in [0.15, 0.2) is 30.3 Å². The van der Waals surface area contributed by atoms with E-state index in [0.717, 1.165) is 5.56 Å². The number of nitrogens with one attached hydrogen (secondary N) is 1. The van der Waals surface area contributed by atoms with Crippen LogP contribution in [0.1, 0.15) is 47.1 Å². The number of ether oxygens (including phenoxy) is 3. The van der Waals surface area contributed by atoms with Crippen LogP contribution in [0.3, 0.4) is 0 Å². The van der Waals surface area contributed by atoms with E-state index < -0.39 is 41.9 Å². The van der Waals surface area contributed by atoms with Crippen molar-refractivity contribution in [3.63, 3.8) is 0 Å². The SMILES string of the molecule is CC(=O)O[C@@H](C(=O)OC(C)C)[C@H](Cc1ccccc1)NC(=O)OC(C)(C)C. The zero-order valence-corrected chi connectivity index (χ0v) is 16.8. The molecule has 0 unspecified atom stereocenters. The fourth-order valence-corrected chi connectivity index (χ4v) is 2.33. The summed E-state index contributed by atoms with van der Waals surface area (Å²) < 4.78 is 15.7. The first-order valence-corrected chi connectivity index (χ1v) is 8.89.